The van der Waals surface area contributed by atoms with Gasteiger partial charge < -0.3 is 15.4 Å². The molecule has 0 bridgehead atoms. The van der Waals surface area contributed by atoms with E-state index in [0.717, 1.165) is 25.2 Å². The lowest BCUT2D eigenvalue weighted by Gasteiger charge is -2.63. The van der Waals surface area contributed by atoms with Gasteiger partial charge in [0.1, 0.15) is 0 Å². The highest BCUT2D eigenvalue weighted by atomic mass is 127. The summed E-state index contributed by atoms with van der Waals surface area (Å²) in [4.78, 5) is 7.49. The Labute approximate surface area is 175 Å². The molecule has 0 radical (unpaired) electrons. The van der Waals surface area contributed by atoms with Gasteiger partial charge in [-0.05, 0) is 44.9 Å². The van der Waals surface area contributed by atoms with E-state index in [4.69, 9.17) is 9.73 Å². The van der Waals surface area contributed by atoms with Crippen LogP contribution in [0, 0.1) is 17.3 Å². The molecule has 3 aliphatic carbocycles. The molecular weight excluding hydrogens is 439 g/mol. The molecule has 0 amide bonds. The van der Waals surface area contributed by atoms with Crippen molar-refractivity contribution in [2.45, 2.75) is 76.6 Å². The highest BCUT2D eigenvalue weighted by Gasteiger charge is 2.66. The Kier molecular flexibility index (Phi) is 5.47. The Morgan fingerprint density at radius 2 is 2.00 bits per heavy atom. The molecule has 5 fully saturated rings. The smallest absolute Gasteiger partial charge is 0.191 e. The number of aliphatic imine (C=N–C) groups is 1. The van der Waals surface area contributed by atoms with Crippen LogP contribution in [0.2, 0.25) is 0 Å². The minimum absolute atomic E-state index is 0. The van der Waals surface area contributed by atoms with Crippen molar-refractivity contribution in [3.63, 3.8) is 0 Å². The number of fused-ring (bicyclic) bond motifs is 2. The second kappa shape index (κ2) is 7.39. The van der Waals surface area contributed by atoms with E-state index in [1.165, 1.54) is 51.6 Å². The Morgan fingerprint density at radius 3 is 2.65 bits per heavy atom. The van der Waals surface area contributed by atoms with Crippen LogP contribution in [0.1, 0.15) is 52.4 Å². The van der Waals surface area contributed by atoms with E-state index >= 15 is 0 Å². The van der Waals surface area contributed by atoms with Crippen LogP contribution in [0.4, 0.5) is 0 Å². The van der Waals surface area contributed by atoms with Crippen LogP contribution in [0.5, 0.6) is 0 Å². The molecule has 0 aromatic rings. The summed E-state index contributed by atoms with van der Waals surface area (Å²) in [6, 6.07) is 1.98. The maximum atomic E-state index is 6.07. The topological polar surface area (TPSA) is 48.9 Å². The number of ether oxygens (including phenoxy) is 1. The molecule has 148 valence electrons. The van der Waals surface area contributed by atoms with Crippen LogP contribution in [-0.2, 0) is 4.74 Å². The van der Waals surface area contributed by atoms with Crippen LogP contribution in [-0.4, -0.2) is 61.3 Å². The van der Waals surface area contributed by atoms with Crippen LogP contribution in [0.25, 0.3) is 0 Å². The van der Waals surface area contributed by atoms with Crippen molar-refractivity contribution < 1.29 is 4.74 Å². The molecule has 0 aromatic carbocycles. The van der Waals surface area contributed by atoms with Gasteiger partial charge in [0.25, 0.3) is 0 Å². The molecule has 2 N–H and O–H groups in total. The van der Waals surface area contributed by atoms with E-state index in [1.807, 2.05) is 0 Å². The number of halogens is 1. The zero-order chi connectivity index (χ0) is 17.0. The van der Waals surface area contributed by atoms with Crippen LogP contribution < -0.4 is 10.6 Å². The summed E-state index contributed by atoms with van der Waals surface area (Å²) in [5.74, 6) is 2.46. The minimum Gasteiger partial charge on any atom is -0.377 e. The fourth-order valence-electron chi connectivity index (χ4n) is 6.00. The van der Waals surface area contributed by atoms with Gasteiger partial charge in [-0.3, -0.25) is 9.89 Å². The minimum atomic E-state index is 0. The Bertz CT molecular complexity index is 548. The molecule has 0 aromatic heterocycles. The molecule has 26 heavy (non-hydrogen) atoms. The lowest BCUT2D eigenvalue weighted by atomic mass is 9.46. The zero-order valence-electron chi connectivity index (χ0n) is 16.2. The van der Waals surface area contributed by atoms with E-state index in [2.05, 4.69) is 29.4 Å². The van der Waals surface area contributed by atoms with Crippen molar-refractivity contribution in [1.82, 2.24) is 15.5 Å². The predicted octanol–water partition coefficient (Wildman–Crippen LogP) is 2.60. The highest BCUT2D eigenvalue weighted by molar-refractivity contribution is 14.0. The summed E-state index contributed by atoms with van der Waals surface area (Å²) >= 11 is 0. The van der Waals surface area contributed by atoms with Gasteiger partial charge in [0, 0.05) is 55.7 Å². The number of rotatable bonds is 4. The molecule has 1 spiro atoms. The Hall–Kier alpha value is -0.0800. The lowest BCUT2D eigenvalue weighted by molar-refractivity contribution is -0.171. The molecule has 2 aliphatic heterocycles. The zero-order valence-corrected chi connectivity index (χ0v) is 18.6. The van der Waals surface area contributed by atoms with Crippen molar-refractivity contribution >= 4 is 29.9 Å². The number of nitrogens with one attached hydrogen (secondary N) is 2. The quantitative estimate of drug-likeness (QED) is 0.374. The molecule has 5 atom stereocenters. The third kappa shape index (κ3) is 3.08. The van der Waals surface area contributed by atoms with Crippen LogP contribution in [0.15, 0.2) is 4.99 Å². The van der Waals surface area contributed by atoms with Crippen molar-refractivity contribution in [3.8, 4) is 0 Å². The largest absolute Gasteiger partial charge is 0.377 e. The Morgan fingerprint density at radius 1 is 1.19 bits per heavy atom. The summed E-state index contributed by atoms with van der Waals surface area (Å²) in [5, 5.41) is 7.67. The maximum Gasteiger partial charge on any atom is 0.191 e. The predicted molar refractivity (Wildman–Crippen MR) is 115 cm³/mol. The summed E-state index contributed by atoms with van der Waals surface area (Å²) in [6.45, 7) is 8.75. The molecule has 5 nitrogen and oxygen atoms in total. The fourth-order valence-corrected chi connectivity index (χ4v) is 6.00. The summed E-state index contributed by atoms with van der Waals surface area (Å²) < 4.78 is 6.07. The van der Waals surface area contributed by atoms with Crippen LogP contribution >= 0.6 is 24.0 Å². The average Bonchev–Trinajstić information content (AvgIpc) is 3.21. The van der Waals surface area contributed by atoms with Gasteiger partial charge in [-0.1, -0.05) is 13.3 Å². The number of hydrogen-bond donors (Lipinski definition) is 2. The number of guanidine groups is 1. The van der Waals surface area contributed by atoms with Gasteiger partial charge in [-0.15, -0.1) is 24.0 Å². The first-order chi connectivity index (χ1) is 12.2. The Balaban J connectivity index is 0.00000168. The fraction of sp³-hybridized carbons (Fsp3) is 0.950. The maximum absolute atomic E-state index is 6.07. The standard InChI is InChI=1S/C20H34N4O.HI/c1-3-21-19(22-16-12-24(11-13(16)2)14-5-6-14)23-17-15-7-10-25-18(15)20(17)8-4-9-20;/h13-18H,3-12H2,1-2H3,(H2,21,22,23);1H. The molecule has 6 heteroatoms. The van der Waals surface area contributed by atoms with Crippen molar-refractivity contribution in [1.29, 1.82) is 0 Å². The SMILES string of the molecule is CCN=C(NC1CN(C2CC2)CC1C)NC1C2CCOC2C12CCC2.I. The first kappa shape index (κ1) is 19.2. The monoisotopic (exact) mass is 474 g/mol. The molecule has 3 saturated carbocycles. The highest BCUT2D eigenvalue weighted by Crippen LogP contribution is 2.62. The van der Waals surface area contributed by atoms with Crippen molar-refractivity contribution in [2.75, 3.05) is 26.2 Å². The third-order valence-electron chi connectivity index (χ3n) is 7.67. The van der Waals surface area contributed by atoms with Crippen LogP contribution in [0.3, 0.4) is 0 Å². The van der Waals surface area contributed by atoms with Gasteiger partial charge in [-0.2, -0.15) is 0 Å². The van der Waals surface area contributed by atoms with E-state index in [0.29, 0.717) is 35.4 Å². The van der Waals surface area contributed by atoms with Gasteiger partial charge in [-0.25, -0.2) is 0 Å². The second-order valence-electron chi connectivity index (χ2n) is 9.19. The number of hydrogen-bond acceptors (Lipinski definition) is 3. The normalized spacial score (nSPS) is 41.2. The van der Waals surface area contributed by atoms with Gasteiger partial charge in [0.2, 0.25) is 0 Å². The molecule has 5 unspecified atom stereocenters. The number of nitrogens with zero attached hydrogens (tertiary/aromatic N) is 2. The average molecular weight is 474 g/mol. The van der Waals surface area contributed by atoms with E-state index in [-0.39, 0.29) is 24.0 Å². The van der Waals surface area contributed by atoms with E-state index in [1.54, 1.807) is 0 Å². The summed E-state index contributed by atoms with van der Waals surface area (Å²) in [7, 11) is 0. The molecular formula is C20H35IN4O. The van der Waals surface area contributed by atoms with Gasteiger partial charge >= 0.3 is 0 Å². The summed E-state index contributed by atoms with van der Waals surface area (Å²) in [5.41, 5.74) is 0.415. The first-order valence-corrected chi connectivity index (χ1v) is 10.6. The summed E-state index contributed by atoms with van der Waals surface area (Å²) in [6.07, 6.45) is 8.59. The number of likely N-dealkylation sites (tertiary alicyclic amines) is 1. The van der Waals surface area contributed by atoms with Gasteiger partial charge in [0.05, 0.1) is 6.10 Å². The van der Waals surface area contributed by atoms with Gasteiger partial charge in [0.15, 0.2) is 5.96 Å². The first-order valence-electron chi connectivity index (χ1n) is 10.6. The molecule has 5 rings (SSSR count). The molecule has 2 saturated heterocycles. The van der Waals surface area contributed by atoms with E-state index < -0.39 is 0 Å². The molecule has 5 aliphatic rings. The lowest BCUT2D eigenvalue weighted by Crippen LogP contribution is -2.72. The van der Waals surface area contributed by atoms with E-state index in [9.17, 15) is 0 Å². The molecule has 2 heterocycles. The third-order valence-corrected chi connectivity index (χ3v) is 7.67. The van der Waals surface area contributed by atoms with Crippen molar-refractivity contribution in [2.24, 2.45) is 22.2 Å². The van der Waals surface area contributed by atoms with Crippen molar-refractivity contribution in [3.05, 3.63) is 0 Å². The second-order valence-corrected chi connectivity index (χ2v) is 9.19.